The zero-order valence-electron chi connectivity index (χ0n) is 15.5. The highest BCUT2D eigenvalue weighted by Gasteiger charge is 2.31. The Morgan fingerprint density at radius 3 is 0.964 bits per heavy atom. The zero-order valence-corrected chi connectivity index (χ0v) is 15.5. The summed E-state index contributed by atoms with van der Waals surface area (Å²) >= 11 is 0. The van der Waals surface area contributed by atoms with Crippen LogP contribution in [0.1, 0.15) is 34.3 Å². The van der Waals surface area contributed by atoms with Gasteiger partial charge in [0.1, 0.15) is 0 Å². The minimum absolute atomic E-state index is 0.128. The third-order valence-electron chi connectivity index (χ3n) is 5.41. The fraction of sp³-hybridized carbons (Fsp3) is 0.0769. The molecule has 2 nitrogen and oxygen atoms in total. The molecule has 0 saturated heterocycles. The van der Waals surface area contributed by atoms with Gasteiger partial charge in [-0.3, -0.25) is 0 Å². The zero-order chi connectivity index (χ0) is 18.8. The summed E-state index contributed by atoms with van der Waals surface area (Å²) in [6.45, 7) is 0. The first-order valence-corrected chi connectivity index (χ1v) is 9.71. The van der Waals surface area contributed by atoms with E-state index in [1.807, 2.05) is 12.1 Å². The minimum Gasteiger partial charge on any atom is -0.374 e. The van der Waals surface area contributed by atoms with Crippen molar-refractivity contribution in [2.24, 2.45) is 0 Å². The van der Waals surface area contributed by atoms with E-state index in [9.17, 15) is 0 Å². The van der Waals surface area contributed by atoms with E-state index >= 15 is 0 Å². The molecule has 0 heterocycles. The molecule has 2 N–H and O–H groups in total. The number of nitrogens with one attached hydrogen (secondary N) is 2. The number of benzene rings is 4. The average molecular weight is 362 g/mol. The molecule has 0 amide bonds. The second-order valence-electron chi connectivity index (χ2n) is 7.14. The van der Waals surface area contributed by atoms with E-state index in [4.69, 9.17) is 0 Å². The van der Waals surface area contributed by atoms with Crippen molar-refractivity contribution in [2.45, 2.75) is 12.1 Å². The van der Waals surface area contributed by atoms with E-state index < -0.39 is 0 Å². The molecule has 0 spiro atoms. The van der Waals surface area contributed by atoms with E-state index in [2.05, 4.69) is 108 Å². The van der Waals surface area contributed by atoms with Crippen molar-refractivity contribution in [2.75, 3.05) is 10.6 Å². The second-order valence-corrected chi connectivity index (χ2v) is 7.14. The molecule has 4 aromatic rings. The third kappa shape index (κ3) is 3.03. The molecule has 28 heavy (non-hydrogen) atoms. The molecule has 0 aliphatic heterocycles. The highest BCUT2D eigenvalue weighted by molar-refractivity contribution is 5.61. The molecule has 136 valence electrons. The monoisotopic (exact) mass is 362 g/mol. The van der Waals surface area contributed by atoms with Crippen LogP contribution in [0.4, 0.5) is 11.4 Å². The summed E-state index contributed by atoms with van der Waals surface area (Å²) in [5.74, 6) is 0. The Morgan fingerprint density at radius 2 is 0.643 bits per heavy atom. The maximum atomic E-state index is 3.75. The van der Waals surface area contributed by atoms with E-state index in [0.717, 1.165) is 11.4 Å². The Balaban J connectivity index is 1.62. The van der Waals surface area contributed by atoms with Crippen LogP contribution in [0.2, 0.25) is 0 Å². The summed E-state index contributed by atoms with van der Waals surface area (Å²) in [6.07, 6.45) is 0. The fourth-order valence-electron chi connectivity index (χ4n) is 4.12. The predicted molar refractivity (Wildman–Crippen MR) is 117 cm³/mol. The molecule has 0 fully saturated rings. The summed E-state index contributed by atoms with van der Waals surface area (Å²) < 4.78 is 0. The maximum absolute atomic E-state index is 3.75. The smallest absolute Gasteiger partial charge is 0.0774 e. The number of hydrogen-bond acceptors (Lipinski definition) is 2. The van der Waals surface area contributed by atoms with Gasteiger partial charge in [-0.05, 0) is 46.5 Å². The molecular weight excluding hydrogens is 340 g/mol. The first-order valence-electron chi connectivity index (χ1n) is 9.71. The molecule has 2 heteroatoms. The fourth-order valence-corrected chi connectivity index (χ4v) is 4.12. The Bertz CT molecular complexity index is 939. The van der Waals surface area contributed by atoms with Crippen molar-refractivity contribution in [1.29, 1.82) is 0 Å². The topological polar surface area (TPSA) is 24.1 Å². The maximum Gasteiger partial charge on any atom is 0.0774 e. The van der Waals surface area contributed by atoms with Crippen molar-refractivity contribution in [3.63, 3.8) is 0 Å². The summed E-state index contributed by atoms with van der Waals surface area (Å²) in [5.41, 5.74) is 7.53. The number of para-hydroxylation sites is 2. The van der Waals surface area contributed by atoms with Crippen LogP contribution >= 0.6 is 0 Å². The molecule has 4 aromatic carbocycles. The Morgan fingerprint density at radius 1 is 0.357 bits per heavy atom. The number of hydrogen-bond donors (Lipinski definition) is 2. The van der Waals surface area contributed by atoms with Gasteiger partial charge < -0.3 is 10.6 Å². The predicted octanol–water partition coefficient (Wildman–Crippen LogP) is 6.40. The highest BCUT2D eigenvalue weighted by atomic mass is 15.0. The molecule has 0 atom stereocenters. The van der Waals surface area contributed by atoms with Crippen LogP contribution < -0.4 is 10.6 Å². The van der Waals surface area contributed by atoms with Crippen LogP contribution in [-0.4, -0.2) is 0 Å². The summed E-state index contributed by atoms with van der Waals surface area (Å²) in [6, 6.07) is 38.6. The van der Waals surface area contributed by atoms with Gasteiger partial charge in [-0.15, -0.1) is 0 Å². The molecule has 1 aliphatic carbocycles. The van der Waals surface area contributed by atoms with Crippen molar-refractivity contribution in [3.8, 4) is 0 Å². The Hall–Kier alpha value is -3.52. The van der Waals surface area contributed by atoms with E-state index in [-0.39, 0.29) is 12.1 Å². The molecule has 0 aromatic heterocycles. The van der Waals surface area contributed by atoms with E-state index in [1.165, 1.54) is 22.3 Å². The van der Waals surface area contributed by atoms with Gasteiger partial charge in [0.25, 0.3) is 0 Å². The van der Waals surface area contributed by atoms with E-state index in [0.29, 0.717) is 0 Å². The largest absolute Gasteiger partial charge is 0.374 e. The van der Waals surface area contributed by atoms with Gasteiger partial charge in [0.15, 0.2) is 0 Å². The lowest BCUT2D eigenvalue weighted by Gasteiger charge is -2.36. The van der Waals surface area contributed by atoms with Crippen molar-refractivity contribution in [1.82, 2.24) is 0 Å². The van der Waals surface area contributed by atoms with Crippen LogP contribution in [-0.2, 0) is 0 Å². The van der Waals surface area contributed by atoms with Gasteiger partial charge in [-0.1, -0.05) is 84.9 Å². The third-order valence-corrected chi connectivity index (χ3v) is 5.41. The van der Waals surface area contributed by atoms with Crippen molar-refractivity contribution < 1.29 is 0 Å². The average Bonchev–Trinajstić information content (AvgIpc) is 2.77. The lowest BCUT2D eigenvalue weighted by molar-refractivity contribution is 0.789. The summed E-state index contributed by atoms with van der Waals surface area (Å²) in [5, 5.41) is 7.50. The van der Waals surface area contributed by atoms with Crippen LogP contribution in [0.15, 0.2) is 109 Å². The van der Waals surface area contributed by atoms with Gasteiger partial charge >= 0.3 is 0 Å². The van der Waals surface area contributed by atoms with Gasteiger partial charge in [0.2, 0.25) is 0 Å². The van der Waals surface area contributed by atoms with Gasteiger partial charge in [-0.2, -0.15) is 0 Å². The number of fused-ring (bicyclic) bond motifs is 2. The van der Waals surface area contributed by atoms with Crippen molar-refractivity contribution >= 4 is 11.4 Å². The molecule has 0 bridgehead atoms. The number of anilines is 2. The summed E-state index contributed by atoms with van der Waals surface area (Å²) in [4.78, 5) is 0. The Labute approximate surface area is 165 Å². The highest BCUT2D eigenvalue weighted by Crippen LogP contribution is 2.43. The van der Waals surface area contributed by atoms with Gasteiger partial charge in [0, 0.05) is 11.4 Å². The first kappa shape index (κ1) is 16.6. The van der Waals surface area contributed by atoms with Crippen LogP contribution in [0.5, 0.6) is 0 Å². The quantitative estimate of drug-likeness (QED) is 0.439. The molecule has 5 rings (SSSR count). The van der Waals surface area contributed by atoms with E-state index in [1.54, 1.807) is 0 Å². The molecule has 0 saturated carbocycles. The number of rotatable bonds is 4. The molecular formula is C26H22N2. The Kier molecular flexibility index (Phi) is 4.30. The standard InChI is InChI=1S/C26H22N2/c1-3-11-19(12-4-1)27-25-21-15-7-9-17-23(21)26(24-18-10-8-16-22(24)25)28-20-13-5-2-6-14-20/h1-18,25-28H. The second kappa shape index (κ2) is 7.24. The normalized spacial score (nSPS) is 17.3. The van der Waals surface area contributed by atoms with Gasteiger partial charge in [0.05, 0.1) is 12.1 Å². The first-order chi connectivity index (χ1) is 13.9. The lowest BCUT2D eigenvalue weighted by Crippen LogP contribution is -2.26. The lowest BCUT2D eigenvalue weighted by atomic mass is 9.79. The van der Waals surface area contributed by atoms with Crippen LogP contribution in [0, 0.1) is 0 Å². The molecule has 0 radical (unpaired) electrons. The minimum atomic E-state index is 0.128. The van der Waals surface area contributed by atoms with Gasteiger partial charge in [-0.25, -0.2) is 0 Å². The summed E-state index contributed by atoms with van der Waals surface area (Å²) in [7, 11) is 0. The SMILES string of the molecule is c1ccc(NC2c3ccccc3C(Nc3ccccc3)c3ccccc32)cc1. The molecule has 1 aliphatic rings. The van der Waals surface area contributed by atoms with Crippen LogP contribution in [0.3, 0.4) is 0 Å². The van der Waals surface area contributed by atoms with Crippen molar-refractivity contribution in [3.05, 3.63) is 131 Å². The van der Waals surface area contributed by atoms with Crippen LogP contribution in [0.25, 0.3) is 0 Å². The molecule has 0 unspecified atom stereocenters.